The number of fused-ring (bicyclic) bond motifs is 10. The Morgan fingerprint density at radius 1 is 0.800 bits per heavy atom. The molecule has 1 aromatic heterocycles. The summed E-state index contributed by atoms with van der Waals surface area (Å²) in [5.41, 5.74) is 4.95. The van der Waals surface area contributed by atoms with Crippen LogP contribution < -0.4 is 0 Å². The van der Waals surface area contributed by atoms with Gasteiger partial charge in [0.25, 0.3) is 0 Å². The van der Waals surface area contributed by atoms with Crippen LogP contribution in [0.15, 0.2) is 85.0 Å². The molecule has 4 aromatic rings. The number of benzene rings is 3. The molecule has 25 heavy (non-hydrogen) atoms. The third-order valence-electron chi connectivity index (χ3n) is 5.54. The molecule has 2 atom stereocenters. The molecule has 0 fully saturated rings. The molecule has 0 saturated heterocycles. The topological polar surface area (TPSA) is 17.8 Å². The Bertz CT molecular complexity index is 1210. The minimum atomic E-state index is 0.293. The fourth-order valence-corrected chi connectivity index (χ4v) is 4.47. The molecular formula is C23H16N2. The van der Waals surface area contributed by atoms with E-state index >= 15 is 0 Å². The summed E-state index contributed by atoms with van der Waals surface area (Å²) in [6.45, 7) is 0. The van der Waals surface area contributed by atoms with Crippen LogP contribution in [0.2, 0.25) is 0 Å². The van der Waals surface area contributed by atoms with Crippen molar-refractivity contribution in [2.75, 3.05) is 0 Å². The average molecular weight is 320 g/mol. The lowest BCUT2D eigenvalue weighted by molar-refractivity contribution is 0.549. The Morgan fingerprint density at radius 3 is 2.64 bits per heavy atom. The van der Waals surface area contributed by atoms with Crippen molar-refractivity contribution < 1.29 is 0 Å². The van der Waals surface area contributed by atoms with Gasteiger partial charge in [-0.05, 0) is 28.5 Å². The van der Waals surface area contributed by atoms with Gasteiger partial charge in [0.1, 0.15) is 5.82 Å². The molecule has 1 aliphatic heterocycles. The highest BCUT2D eigenvalue weighted by atomic mass is 15.1. The lowest BCUT2D eigenvalue weighted by atomic mass is 9.80. The third kappa shape index (κ3) is 1.66. The van der Waals surface area contributed by atoms with E-state index in [9.17, 15) is 0 Å². The lowest BCUT2D eigenvalue weighted by Gasteiger charge is -2.34. The average Bonchev–Trinajstić information content (AvgIpc) is 3.07. The maximum absolute atomic E-state index is 5.04. The Hall–Kier alpha value is -3.13. The van der Waals surface area contributed by atoms with Crippen LogP contribution in [0.1, 0.15) is 17.5 Å². The van der Waals surface area contributed by atoms with Gasteiger partial charge in [0, 0.05) is 11.5 Å². The predicted octanol–water partition coefficient (Wildman–Crippen LogP) is 5.62. The molecule has 6 rings (SSSR count). The molecule has 2 heteroatoms. The van der Waals surface area contributed by atoms with Crippen molar-refractivity contribution in [3.8, 4) is 11.4 Å². The smallest absolute Gasteiger partial charge is 0.142 e. The fourth-order valence-electron chi connectivity index (χ4n) is 4.47. The van der Waals surface area contributed by atoms with Gasteiger partial charge in [-0.3, -0.25) is 0 Å². The standard InChI is InChI=1S/C23H16N2/c1-2-8-16-15(7-1)13-14-18-17-9-3-5-11-20(17)25-21-12-6-4-10-19(21)24-23(25)22(16)18/h1-14,17,20H. The van der Waals surface area contributed by atoms with Gasteiger partial charge in [-0.15, -0.1) is 0 Å². The second-order valence-electron chi connectivity index (χ2n) is 6.83. The summed E-state index contributed by atoms with van der Waals surface area (Å²) < 4.78 is 2.43. The molecule has 118 valence electrons. The van der Waals surface area contributed by atoms with Crippen molar-refractivity contribution in [2.24, 2.45) is 0 Å². The van der Waals surface area contributed by atoms with Crippen LogP contribution in [0.25, 0.3) is 33.2 Å². The first-order chi connectivity index (χ1) is 12.4. The molecule has 0 spiro atoms. The van der Waals surface area contributed by atoms with E-state index in [0.717, 1.165) is 11.3 Å². The van der Waals surface area contributed by atoms with Gasteiger partial charge in [-0.25, -0.2) is 4.98 Å². The highest BCUT2D eigenvalue weighted by Crippen LogP contribution is 2.48. The van der Waals surface area contributed by atoms with Crippen molar-refractivity contribution in [1.29, 1.82) is 0 Å². The van der Waals surface area contributed by atoms with E-state index in [1.807, 2.05) is 0 Å². The van der Waals surface area contributed by atoms with Crippen molar-refractivity contribution in [2.45, 2.75) is 12.0 Å². The molecule has 2 aliphatic rings. The molecule has 0 bridgehead atoms. The highest BCUT2D eigenvalue weighted by molar-refractivity contribution is 5.99. The van der Waals surface area contributed by atoms with Crippen LogP contribution in [0.5, 0.6) is 0 Å². The number of para-hydroxylation sites is 2. The van der Waals surface area contributed by atoms with E-state index in [-0.39, 0.29) is 0 Å². The molecule has 2 heterocycles. The molecule has 2 unspecified atom stereocenters. The molecular weight excluding hydrogens is 304 g/mol. The minimum absolute atomic E-state index is 0.293. The normalized spacial score (nSPS) is 20.5. The van der Waals surface area contributed by atoms with E-state index in [4.69, 9.17) is 4.98 Å². The first-order valence-electron chi connectivity index (χ1n) is 8.76. The quantitative estimate of drug-likeness (QED) is 0.411. The number of hydrogen-bond donors (Lipinski definition) is 0. The Morgan fingerprint density at radius 2 is 1.64 bits per heavy atom. The summed E-state index contributed by atoms with van der Waals surface area (Å²) >= 11 is 0. The molecule has 0 N–H and O–H groups in total. The monoisotopic (exact) mass is 320 g/mol. The Balaban J connectivity index is 1.82. The van der Waals surface area contributed by atoms with Gasteiger partial charge in [-0.2, -0.15) is 0 Å². The second kappa shape index (κ2) is 4.70. The van der Waals surface area contributed by atoms with E-state index in [1.165, 1.54) is 27.4 Å². The van der Waals surface area contributed by atoms with E-state index in [1.54, 1.807) is 0 Å². The van der Waals surface area contributed by atoms with Crippen LogP contribution >= 0.6 is 0 Å². The third-order valence-corrected chi connectivity index (χ3v) is 5.54. The van der Waals surface area contributed by atoms with Gasteiger partial charge in [-0.1, -0.05) is 72.8 Å². The minimum Gasteiger partial charge on any atom is -0.316 e. The number of nitrogens with zero attached hydrogens (tertiary/aromatic N) is 2. The summed E-state index contributed by atoms with van der Waals surface area (Å²) in [4.78, 5) is 5.04. The van der Waals surface area contributed by atoms with E-state index < -0.39 is 0 Å². The first kappa shape index (κ1) is 13.2. The van der Waals surface area contributed by atoms with Gasteiger partial charge >= 0.3 is 0 Å². The lowest BCUT2D eigenvalue weighted by Crippen LogP contribution is -2.22. The van der Waals surface area contributed by atoms with Gasteiger partial charge in [0.05, 0.1) is 17.1 Å². The highest BCUT2D eigenvalue weighted by Gasteiger charge is 2.34. The summed E-state index contributed by atoms with van der Waals surface area (Å²) in [5, 5.41) is 2.56. The summed E-state index contributed by atoms with van der Waals surface area (Å²) in [7, 11) is 0. The van der Waals surface area contributed by atoms with Gasteiger partial charge in [0.15, 0.2) is 0 Å². The zero-order valence-electron chi connectivity index (χ0n) is 13.6. The largest absolute Gasteiger partial charge is 0.316 e. The number of allylic oxidation sites excluding steroid dienone is 4. The molecule has 2 nitrogen and oxygen atoms in total. The molecule has 0 amide bonds. The van der Waals surface area contributed by atoms with Gasteiger partial charge < -0.3 is 4.57 Å². The Kier molecular flexibility index (Phi) is 2.48. The Labute approximate surface area is 145 Å². The summed E-state index contributed by atoms with van der Waals surface area (Å²) in [6.07, 6.45) is 8.96. The maximum atomic E-state index is 5.04. The van der Waals surface area contributed by atoms with Crippen molar-refractivity contribution in [1.82, 2.24) is 9.55 Å². The zero-order valence-corrected chi connectivity index (χ0v) is 13.6. The van der Waals surface area contributed by atoms with E-state index in [0.29, 0.717) is 12.0 Å². The van der Waals surface area contributed by atoms with Crippen molar-refractivity contribution in [3.05, 3.63) is 90.5 Å². The fraction of sp³-hybridized carbons (Fsp3) is 0.0870. The summed E-state index contributed by atoms with van der Waals surface area (Å²) in [6, 6.07) is 21.9. The first-order valence-corrected chi connectivity index (χ1v) is 8.76. The maximum Gasteiger partial charge on any atom is 0.142 e. The SMILES string of the molecule is C1=CC2c3ccc4ccccc4c3-c3nc4ccccc4n3C2C=C1. The second-order valence-corrected chi connectivity index (χ2v) is 6.83. The zero-order chi connectivity index (χ0) is 16.4. The van der Waals surface area contributed by atoms with Crippen LogP contribution in [0.4, 0.5) is 0 Å². The predicted molar refractivity (Wildman–Crippen MR) is 103 cm³/mol. The molecule has 0 radical (unpaired) electrons. The van der Waals surface area contributed by atoms with Crippen molar-refractivity contribution in [3.63, 3.8) is 0 Å². The van der Waals surface area contributed by atoms with E-state index in [2.05, 4.69) is 89.5 Å². The molecule has 3 aromatic carbocycles. The van der Waals surface area contributed by atoms with Crippen LogP contribution in [-0.4, -0.2) is 9.55 Å². The number of hydrogen-bond acceptors (Lipinski definition) is 1. The number of rotatable bonds is 0. The van der Waals surface area contributed by atoms with Crippen molar-refractivity contribution >= 4 is 21.8 Å². The van der Waals surface area contributed by atoms with Crippen LogP contribution in [0, 0.1) is 0 Å². The van der Waals surface area contributed by atoms with Crippen LogP contribution in [0.3, 0.4) is 0 Å². The molecule has 1 aliphatic carbocycles. The van der Waals surface area contributed by atoms with Crippen LogP contribution in [-0.2, 0) is 0 Å². The number of imidazole rings is 1. The van der Waals surface area contributed by atoms with Gasteiger partial charge in [0.2, 0.25) is 0 Å². The molecule has 0 saturated carbocycles. The number of aromatic nitrogens is 2. The summed E-state index contributed by atoms with van der Waals surface area (Å²) in [5.74, 6) is 1.45.